The van der Waals surface area contributed by atoms with E-state index in [9.17, 15) is 14.9 Å². The van der Waals surface area contributed by atoms with Crippen LogP contribution >= 0.6 is 11.3 Å². The predicted molar refractivity (Wildman–Crippen MR) is 79.8 cm³/mol. The van der Waals surface area contributed by atoms with E-state index in [1.807, 2.05) is 37.3 Å². The van der Waals surface area contributed by atoms with Crippen molar-refractivity contribution in [2.24, 2.45) is 5.92 Å². The van der Waals surface area contributed by atoms with Gasteiger partial charge in [0.2, 0.25) is 11.9 Å². The van der Waals surface area contributed by atoms with Crippen LogP contribution in [0.3, 0.4) is 0 Å². The third-order valence-corrected chi connectivity index (χ3v) is 4.55. The smallest absolute Gasteiger partial charge is 0.236 e. The molecule has 1 aliphatic rings. The Morgan fingerprint density at radius 2 is 2.14 bits per heavy atom. The number of rotatable bonds is 4. The van der Waals surface area contributed by atoms with Crippen LogP contribution in [-0.4, -0.2) is 21.9 Å². The normalized spacial score (nSPS) is 20.0. The number of aryl methyl sites for hydroxylation is 1. The molecule has 1 aliphatic carbocycles. The number of aromatic nitrogens is 1. The maximum Gasteiger partial charge on any atom is 0.236 e. The fraction of sp³-hybridized carbons (Fsp3) is 0.286. The topological polar surface area (TPSA) is 85.1 Å². The summed E-state index contributed by atoms with van der Waals surface area (Å²) >= 11 is 1.38. The Hall–Kier alpha value is -2.28. The van der Waals surface area contributed by atoms with Gasteiger partial charge in [-0.25, -0.2) is 4.98 Å². The molecule has 108 valence electrons. The molecule has 0 unspecified atom stereocenters. The van der Waals surface area contributed by atoms with Crippen molar-refractivity contribution in [1.82, 2.24) is 4.98 Å². The molecule has 7 heteroatoms. The number of carbonyl (C=O) groups is 1. The van der Waals surface area contributed by atoms with Gasteiger partial charge in [-0.2, -0.15) is 0 Å². The number of nitro groups is 1. The summed E-state index contributed by atoms with van der Waals surface area (Å²) in [5.41, 5.74) is 1.88. The zero-order valence-electron chi connectivity index (χ0n) is 11.3. The minimum atomic E-state index is -0.736. The summed E-state index contributed by atoms with van der Waals surface area (Å²) in [7, 11) is 0. The molecule has 6 nitrogen and oxygen atoms in total. The van der Waals surface area contributed by atoms with Gasteiger partial charge in [-0.1, -0.05) is 41.7 Å². The van der Waals surface area contributed by atoms with Gasteiger partial charge in [0.05, 0.1) is 10.6 Å². The fourth-order valence-corrected chi connectivity index (χ4v) is 3.18. The molecule has 3 rings (SSSR count). The second-order valence-corrected chi connectivity index (χ2v) is 5.98. The Morgan fingerprint density at radius 3 is 2.76 bits per heavy atom. The molecule has 1 aromatic heterocycles. The zero-order valence-corrected chi connectivity index (χ0v) is 12.1. The summed E-state index contributed by atoms with van der Waals surface area (Å²) in [6.45, 7) is 1.88. The van der Waals surface area contributed by atoms with E-state index in [-0.39, 0.29) is 5.91 Å². The van der Waals surface area contributed by atoms with Crippen molar-refractivity contribution in [2.45, 2.75) is 19.4 Å². The van der Waals surface area contributed by atoms with Gasteiger partial charge in [-0.3, -0.25) is 14.9 Å². The van der Waals surface area contributed by atoms with Crippen molar-refractivity contribution >= 4 is 22.4 Å². The Kier molecular flexibility index (Phi) is 3.42. The van der Waals surface area contributed by atoms with E-state index in [0.29, 0.717) is 11.6 Å². The van der Waals surface area contributed by atoms with Gasteiger partial charge in [-0.15, -0.1) is 0 Å². The van der Waals surface area contributed by atoms with Crippen LogP contribution in [0.1, 0.15) is 12.1 Å². The minimum absolute atomic E-state index is 0.314. The van der Waals surface area contributed by atoms with E-state index in [1.54, 1.807) is 0 Å². The van der Waals surface area contributed by atoms with E-state index in [0.717, 1.165) is 16.1 Å². The first kappa shape index (κ1) is 13.7. The summed E-state index contributed by atoms with van der Waals surface area (Å²) in [4.78, 5) is 27.4. The van der Waals surface area contributed by atoms with Gasteiger partial charge in [0.25, 0.3) is 0 Å². The number of amides is 1. The Morgan fingerprint density at radius 1 is 1.43 bits per heavy atom. The number of benzene rings is 1. The monoisotopic (exact) mass is 303 g/mol. The highest BCUT2D eigenvalue weighted by Crippen LogP contribution is 2.36. The standard InChI is InChI=1S/C14H13N3O3S/c1-8-12(9-5-3-2-4-6-9)21-14(15-8)16-13(18)10-7-11(10)17(19)20/h2-6,10-11H,7H2,1H3,(H,15,16,18)/t10-,11-/m1/s1. The highest BCUT2D eigenvalue weighted by molar-refractivity contribution is 7.19. The SMILES string of the molecule is Cc1nc(NC(=O)[C@@H]2C[C@H]2[N+](=O)[O-])sc1-c1ccccc1. The maximum atomic E-state index is 11.9. The van der Waals surface area contributed by atoms with Crippen molar-refractivity contribution in [3.63, 3.8) is 0 Å². The highest BCUT2D eigenvalue weighted by atomic mass is 32.1. The van der Waals surface area contributed by atoms with Crippen LogP contribution in [0.15, 0.2) is 30.3 Å². The van der Waals surface area contributed by atoms with Crippen LogP contribution in [0.5, 0.6) is 0 Å². The number of hydrogen-bond donors (Lipinski definition) is 1. The molecule has 1 amide bonds. The maximum absolute atomic E-state index is 11.9. The molecule has 1 fully saturated rings. The molecule has 0 bridgehead atoms. The Balaban J connectivity index is 1.73. The van der Waals surface area contributed by atoms with Crippen molar-refractivity contribution in [3.05, 3.63) is 46.1 Å². The molecule has 2 aromatic rings. The summed E-state index contributed by atoms with van der Waals surface area (Å²) < 4.78 is 0. The van der Waals surface area contributed by atoms with Gasteiger partial charge in [0.15, 0.2) is 5.13 Å². The Labute approximate surface area is 125 Å². The van der Waals surface area contributed by atoms with Crippen LogP contribution in [0.25, 0.3) is 10.4 Å². The third kappa shape index (κ3) is 2.78. The number of anilines is 1. The first-order valence-electron chi connectivity index (χ1n) is 6.53. The van der Waals surface area contributed by atoms with E-state index in [2.05, 4.69) is 10.3 Å². The Bertz CT molecular complexity index is 699. The van der Waals surface area contributed by atoms with Crippen molar-refractivity contribution in [1.29, 1.82) is 0 Å². The van der Waals surface area contributed by atoms with Crippen molar-refractivity contribution in [2.75, 3.05) is 5.32 Å². The molecule has 1 N–H and O–H groups in total. The third-order valence-electron chi connectivity index (χ3n) is 3.43. The first-order valence-corrected chi connectivity index (χ1v) is 7.35. The molecule has 0 aliphatic heterocycles. The first-order chi connectivity index (χ1) is 10.1. The molecule has 0 spiro atoms. The molecule has 0 radical (unpaired) electrons. The lowest BCUT2D eigenvalue weighted by atomic mass is 10.2. The van der Waals surface area contributed by atoms with E-state index in [1.165, 1.54) is 11.3 Å². The lowest BCUT2D eigenvalue weighted by Gasteiger charge is -1.98. The van der Waals surface area contributed by atoms with Crippen LogP contribution in [-0.2, 0) is 4.79 Å². The second kappa shape index (κ2) is 5.25. The summed E-state index contributed by atoms with van der Waals surface area (Å²) in [6, 6.07) is 9.05. The summed E-state index contributed by atoms with van der Waals surface area (Å²) in [6.07, 6.45) is 0.314. The minimum Gasteiger partial charge on any atom is -0.301 e. The molecule has 1 aromatic carbocycles. The second-order valence-electron chi connectivity index (χ2n) is 4.98. The van der Waals surface area contributed by atoms with Gasteiger partial charge >= 0.3 is 0 Å². The molecule has 1 saturated carbocycles. The van der Waals surface area contributed by atoms with E-state index in [4.69, 9.17) is 0 Å². The number of hydrogen-bond acceptors (Lipinski definition) is 5. The average molecular weight is 303 g/mol. The van der Waals surface area contributed by atoms with Crippen LogP contribution in [0.2, 0.25) is 0 Å². The fourth-order valence-electron chi connectivity index (χ4n) is 2.20. The summed E-state index contributed by atoms with van der Waals surface area (Å²) in [5, 5.41) is 13.8. The lowest BCUT2D eigenvalue weighted by molar-refractivity contribution is -0.497. The van der Waals surface area contributed by atoms with Gasteiger partial charge in [0, 0.05) is 11.3 Å². The molecule has 2 atom stereocenters. The molecular weight excluding hydrogens is 290 g/mol. The number of nitrogens with one attached hydrogen (secondary N) is 1. The molecule has 0 saturated heterocycles. The molecular formula is C14H13N3O3S. The number of nitrogens with zero attached hydrogens (tertiary/aromatic N) is 2. The van der Waals surface area contributed by atoms with Gasteiger partial charge < -0.3 is 5.32 Å². The number of carbonyl (C=O) groups excluding carboxylic acids is 1. The highest BCUT2D eigenvalue weighted by Gasteiger charge is 2.53. The van der Waals surface area contributed by atoms with Gasteiger partial charge in [-0.05, 0) is 12.5 Å². The van der Waals surface area contributed by atoms with Crippen LogP contribution in [0.4, 0.5) is 5.13 Å². The van der Waals surface area contributed by atoms with Crippen molar-refractivity contribution < 1.29 is 9.72 Å². The average Bonchev–Trinajstić information content (AvgIpc) is 3.19. The van der Waals surface area contributed by atoms with E-state index >= 15 is 0 Å². The largest absolute Gasteiger partial charge is 0.301 e. The van der Waals surface area contributed by atoms with Gasteiger partial charge in [0.1, 0.15) is 5.92 Å². The molecule has 1 heterocycles. The number of thiazole rings is 1. The molecule has 21 heavy (non-hydrogen) atoms. The summed E-state index contributed by atoms with van der Waals surface area (Å²) in [5.74, 6) is -0.838. The lowest BCUT2D eigenvalue weighted by Crippen LogP contribution is -2.18. The van der Waals surface area contributed by atoms with Crippen molar-refractivity contribution in [3.8, 4) is 10.4 Å². The van der Waals surface area contributed by atoms with Crippen LogP contribution < -0.4 is 5.32 Å². The zero-order chi connectivity index (χ0) is 15.0. The van der Waals surface area contributed by atoms with Crippen LogP contribution in [0, 0.1) is 23.0 Å². The quantitative estimate of drug-likeness (QED) is 0.695. The predicted octanol–water partition coefficient (Wildman–Crippen LogP) is 2.72. The van der Waals surface area contributed by atoms with E-state index < -0.39 is 16.9 Å².